The SMILES string of the molecule is COC(=O)C(=O)NNC(=O)NCCc1cn(C)c2ccccc12. The molecule has 23 heavy (non-hydrogen) atoms. The minimum atomic E-state index is -1.08. The van der Waals surface area contributed by atoms with E-state index in [-0.39, 0.29) is 0 Å². The van der Waals surface area contributed by atoms with Crippen molar-refractivity contribution in [3.05, 3.63) is 36.0 Å². The van der Waals surface area contributed by atoms with Crippen LogP contribution in [-0.4, -0.2) is 36.1 Å². The van der Waals surface area contributed by atoms with Gasteiger partial charge in [-0.2, -0.15) is 0 Å². The van der Waals surface area contributed by atoms with E-state index < -0.39 is 17.9 Å². The third-order valence-electron chi connectivity index (χ3n) is 3.32. The standard InChI is InChI=1S/C15H18N4O4/c1-19-9-10(11-5-3-4-6-12(11)19)7-8-16-15(22)18-17-13(20)14(21)23-2/h3-6,9H,7-8H2,1-2H3,(H,17,20)(H2,16,18,22). The first kappa shape index (κ1) is 16.3. The van der Waals surface area contributed by atoms with Gasteiger partial charge in [-0.3, -0.25) is 10.2 Å². The number of benzene rings is 1. The van der Waals surface area contributed by atoms with Gasteiger partial charge in [0.25, 0.3) is 0 Å². The molecule has 1 heterocycles. The van der Waals surface area contributed by atoms with Crippen molar-refractivity contribution >= 4 is 28.8 Å². The summed E-state index contributed by atoms with van der Waals surface area (Å²) >= 11 is 0. The Morgan fingerprint density at radius 1 is 1.17 bits per heavy atom. The first-order valence-corrected chi connectivity index (χ1v) is 6.98. The van der Waals surface area contributed by atoms with Crippen molar-refractivity contribution in [1.82, 2.24) is 20.7 Å². The second-order valence-corrected chi connectivity index (χ2v) is 4.86. The number of aryl methyl sites for hydroxylation is 1. The molecule has 2 aromatic rings. The van der Waals surface area contributed by atoms with E-state index in [2.05, 4.69) is 15.5 Å². The fraction of sp³-hybridized carbons (Fsp3) is 0.267. The van der Waals surface area contributed by atoms with Crippen LogP contribution in [0, 0.1) is 0 Å². The smallest absolute Gasteiger partial charge is 0.398 e. The van der Waals surface area contributed by atoms with Crippen molar-refractivity contribution in [3.8, 4) is 0 Å². The second kappa shape index (κ2) is 7.30. The Bertz CT molecular complexity index is 738. The van der Waals surface area contributed by atoms with Gasteiger partial charge in [-0.05, 0) is 18.1 Å². The van der Waals surface area contributed by atoms with E-state index in [0.717, 1.165) is 23.6 Å². The van der Waals surface area contributed by atoms with Crippen LogP contribution >= 0.6 is 0 Å². The summed E-state index contributed by atoms with van der Waals surface area (Å²) < 4.78 is 6.23. The molecule has 122 valence electrons. The average molecular weight is 318 g/mol. The van der Waals surface area contributed by atoms with Crippen molar-refractivity contribution in [2.24, 2.45) is 7.05 Å². The maximum absolute atomic E-state index is 11.5. The number of aromatic nitrogens is 1. The number of fused-ring (bicyclic) bond motifs is 1. The Kier molecular flexibility index (Phi) is 5.19. The first-order chi connectivity index (χ1) is 11.0. The van der Waals surface area contributed by atoms with Crippen LogP contribution in [-0.2, 0) is 27.8 Å². The van der Waals surface area contributed by atoms with E-state index in [0.29, 0.717) is 13.0 Å². The number of hydrazine groups is 1. The van der Waals surface area contributed by atoms with E-state index >= 15 is 0 Å². The number of hydrogen-bond acceptors (Lipinski definition) is 4. The molecule has 0 saturated heterocycles. The monoisotopic (exact) mass is 318 g/mol. The van der Waals surface area contributed by atoms with Gasteiger partial charge >= 0.3 is 17.9 Å². The molecule has 0 spiro atoms. The Hall–Kier alpha value is -3.03. The summed E-state index contributed by atoms with van der Waals surface area (Å²) in [6.45, 7) is 0.383. The van der Waals surface area contributed by atoms with Crippen LogP contribution in [0.1, 0.15) is 5.56 Å². The Labute approximate surface area is 132 Å². The second-order valence-electron chi connectivity index (χ2n) is 4.86. The molecule has 0 aliphatic carbocycles. The Morgan fingerprint density at radius 2 is 1.91 bits per heavy atom. The summed E-state index contributed by atoms with van der Waals surface area (Å²) in [6, 6.07) is 7.39. The highest BCUT2D eigenvalue weighted by Crippen LogP contribution is 2.20. The molecule has 0 aliphatic rings. The number of rotatable bonds is 3. The highest BCUT2D eigenvalue weighted by Gasteiger charge is 2.14. The molecule has 0 atom stereocenters. The van der Waals surface area contributed by atoms with Crippen LogP contribution in [0.3, 0.4) is 0 Å². The topological polar surface area (TPSA) is 101 Å². The fourth-order valence-corrected chi connectivity index (χ4v) is 2.24. The molecule has 1 aromatic carbocycles. The molecule has 2 rings (SSSR count). The highest BCUT2D eigenvalue weighted by molar-refractivity contribution is 6.32. The van der Waals surface area contributed by atoms with Gasteiger partial charge in [0.05, 0.1) is 7.11 Å². The molecule has 8 heteroatoms. The number of carbonyl (C=O) groups excluding carboxylic acids is 3. The Morgan fingerprint density at radius 3 is 2.65 bits per heavy atom. The molecule has 3 amide bonds. The van der Waals surface area contributed by atoms with Gasteiger partial charge in [0.15, 0.2) is 0 Å². The lowest BCUT2D eigenvalue weighted by Crippen LogP contribution is -2.49. The van der Waals surface area contributed by atoms with Gasteiger partial charge in [0.2, 0.25) is 0 Å². The van der Waals surface area contributed by atoms with Gasteiger partial charge in [0.1, 0.15) is 0 Å². The quantitative estimate of drug-likeness (QED) is 0.428. The maximum atomic E-state index is 11.5. The van der Waals surface area contributed by atoms with Gasteiger partial charge in [-0.15, -0.1) is 0 Å². The largest absolute Gasteiger partial charge is 0.462 e. The van der Waals surface area contributed by atoms with Gasteiger partial charge < -0.3 is 14.6 Å². The zero-order valence-electron chi connectivity index (χ0n) is 12.9. The normalized spacial score (nSPS) is 10.2. The van der Waals surface area contributed by atoms with E-state index in [4.69, 9.17) is 0 Å². The molecule has 0 aliphatic heterocycles. The third kappa shape index (κ3) is 4.00. The number of nitrogens with zero attached hydrogens (tertiary/aromatic N) is 1. The Balaban J connectivity index is 1.81. The summed E-state index contributed by atoms with van der Waals surface area (Å²) in [5.74, 6) is -2.13. The molecular formula is C15H18N4O4. The van der Waals surface area contributed by atoms with Crippen LogP contribution in [0.2, 0.25) is 0 Å². The maximum Gasteiger partial charge on any atom is 0.398 e. The molecule has 0 bridgehead atoms. The first-order valence-electron chi connectivity index (χ1n) is 6.98. The van der Waals surface area contributed by atoms with Crippen molar-refractivity contribution in [3.63, 3.8) is 0 Å². The minimum absolute atomic E-state index is 0.383. The fourth-order valence-electron chi connectivity index (χ4n) is 2.24. The lowest BCUT2D eigenvalue weighted by molar-refractivity contribution is -0.153. The molecule has 0 radical (unpaired) electrons. The van der Waals surface area contributed by atoms with E-state index in [1.165, 1.54) is 0 Å². The number of methoxy groups -OCH3 is 1. The summed E-state index contributed by atoms with van der Waals surface area (Å²) in [6.07, 6.45) is 2.66. The summed E-state index contributed by atoms with van der Waals surface area (Å²) in [5, 5.41) is 3.73. The molecule has 0 fully saturated rings. The zero-order chi connectivity index (χ0) is 16.8. The number of esters is 1. The predicted octanol–water partition coefficient (Wildman–Crippen LogP) is 0.224. The highest BCUT2D eigenvalue weighted by atomic mass is 16.5. The molecule has 0 saturated carbocycles. The zero-order valence-corrected chi connectivity index (χ0v) is 12.9. The molecular weight excluding hydrogens is 300 g/mol. The number of carbonyl (C=O) groups is 3. The number of para-hydroxylation sites is 1. The van der Waals surface area contributed by atoms with Crippen LogP contribution in [0.4, 0.5) is 4.79 Å². The summed E-state index contributed by atoms with van der Waals surface area (Å²) in [7, 11) is 3.04. The van der Waals surface area contributed by atoms with Crippen molar-refractivity contribution < 1.29 is 19.1 Å². The van der Waals surface area contributed by atoms with Crippen LogP contribution in [0.5, 0.6) is 0 Å². The molecule has 3 N–H and O–H groups in total. The number of amides is 3. The minimum Gasteiger partial charge on any atom is -0.462 e. The van der Waals surface area contributed by atoms with E-state index in [9.17, 15) is 14.4 Å². The number of hydrogen-bond donors (Lipinski definition) is 3. The van der Waals surface area contributed by atoms with Gasteiger partial charge in [-0.1, -0.05) is 18.2 Å². The van der Waals surface area contributed by atoms with E-state index in [1.807, 2.05) is 47.5 Å². The van der Waals surface area contributed by atoms with Crippen LogP contribution < -0.4 is 16.2 Å². The van der Waals surface area contributed by atoms with Crippen LogP contribution in [0.15, 0.2) is 30.5 Å². The molecule has 1 aromatic heterocycles. The number of nitrogens with one attached hydrogen (secondary N) is 3. The average Bonchev–Trinajstić information content (AvgIpc) is 2.88. The lowest BCUT2D eigenvalue weighted by Gasteiger charge is -2.07. The van der Waals surface area contributed by atoms with Crippen LogP contribution in [0.25, 0.3) is 10.9 Å². The van der Waals surface area contributed by atoms with E-state index in [1.54, 1.807) is 0 Å². The molecule has 0 unspecified atom stereocenters. The third-order valence-corrected chi connectivity index (χ3v) is 3.32. The lowest BCUT2D eigenvalue weighted by atomic mass is 10.1. The summed E-state index contributed by atoms with van der Waals surface area (Å²) in [4.78, 5) is 33.5. The van der Waals surface area contributed by atoms with Crippen molar-refractivity contribution in [2.75, 3.05) is 13.7 Å². The van der Waals surface area contributed by atoms with Crippen molar-refractivity contribution in [2.45, 2.75) is 6.42 Å². The number of ether oxygens (including phenoxy) is 1. The predicted molar refractivity (Wildman–Crippen MR) is 83.3 cm³/mol. The summed E-state index contributed by atoms with van der Waals surface area (Å²) in [5.41, 5.74) is 6.24. The van der Waals surface area contributed by atoms with Gasteiger partial charge in [0, 0.05) is 30.7 Å². The number of urea groups is 1. The molecule has 8 nitrogen and oxygen atoms in total. The van der Waals surface area contributed by atoms with Crippen molar-refractivity contribution in [1.29, 1.82) is 0 Å². The van der Waals surface area contributed by atoms with Gasteiger partial charge in [-0.25, -0.2) is 15.0 Å².